The van der Waals surface area contributed by atoms with Crippen molar-refractivity contribution < 1.29 is 0 Å². The largest absolute Gasteiger partial charge is 0.349 e. The molecule has 0 radical (unpaired) electrons. The van der Waals surface area contributed by atoms with E-state index >= 15 is 0 Å². The molecule has 112 valence electrons. The lowest BCUT2D eigenvalue weighted by molar-refractivity contribution is 0.151. The van der Waals surface area contributed by atoms with E-state index in [9.17, 15) is 0 Å². The Hall–Kier alpha value is -0.770. The van der Waals surface area contributed by atoms with E-state index in [4.69, 9.17) is 4.99 Å². The van der Waals surface area contributed by atoms with Crippen molar-refractivity contribution in [1.29, 1.82) is 0 Å². The number of piperidine rings is 1. The van der Waals surface area contributed by atoms with Crippen LogP contribution < -0.4 is 0 Å². The molecular formula is C15H32N4. The number of likely N-dealkylation sites (tertiary alicyclic amines) is 1. The Morgan fingerprint density at radius 3 is 2.42 bits per heavy atom. The van der Waals surface area contributed by atoms with Crippen LogP contribution in [0.3, 0.4) is 0 Å². The minimum atomic E-state index is 0.648. The third-order valence-corrected chi connectivity index (χ3v) is 3.79. The van der Waals surface area contributed by atoms with Crippen LogP contribution in [-0.2, 0) is 0 Å². The van der Waals surface area contributed by atoms with E-state index in [1.54, 1.807) is 0 Å². The molecule has 0 aromatic rings. The average Bonchev–Trinajstić information content (AvgIpc) is 2.37. The highest BCUT2D eigenvalue weighted by molar-refractivity contribution is 5.79. The van der Waals surface area contributed by atoms with Gasteiger partial charge in [-0.3, -0.25) is 9.89 Å². The van der Waals surface area contributed by atoms with Gasteiger partial charge in [-0.15, -0.1) is 0 Å². The van der Waals surface area contributed by atoms with E-state index < -0.39 is 0 Å². The molecule has 1 saturated heterocycles. The summed E-state index contributed by atoms with van der Waals surface area (Å²) in [7, 11) is 8.26. The van der Waals surface area contributed by atoms with Gasteiger partial charge in [0.25, 0.3) is 0 Å². The summed E-state index contributed by atoms with van der Waals surface area (Å²) in [5, 5.41) is 0. The van der Waals surface area contributed by atoms with Crippen LogP contribution >= 0.6 is 0 Å². The van der Waals surface area contributed by atoms with Gasteiger partial charge in [0.1, 0.15) is 0 Å². The van der Waals surface area contributed by atoms with Crippen LogP contribution in [0.5, 0.6) is 0 Å². The zero-order chi connectivity index (χ0) is 14.3. The van der Waals surface area contributed by atoms with Crippen LogP contribution in [0.25, 0.3) is 0 Å². The van der Waals surface area contributed by atoms with E-state index in [0.29, 0.717) is 6.04 Å². The minimum Gasteiger partial charge on any atom is -0.349 e. The van der Waals surface area contributed by atoms with Gasteiger partial charge in [-0.05, 0) is 32.4 Å². The van der Waals surface area contributed by atoms with E-state index in [-0.39, 0.29) is 0 Å². The smallest absolute Gasteiger partial charge is 0.195 e. The predicted octanol–water partition coefficient (Wildman–Crippen LogP) is 2.12. The Morgan fingerprint density at radius 2 is 1.84 bits per heavy atom. The fraction of sp³-hybridized carbons (Fsp3) is 0.933. The molecule has 1 aliphatic heterocycles. The number of aliphatic imine (C=N–C) groups is 1. The maximum Gasteiger partial charge on any atom is 0.195 e. The Bertz CT molecular complexity index is 263. The molecule has 4 heteroatoms. The maximum absolute atomic E-state index is 4.83. The van der Waals surface area contributed by atoms with Crippen molar-refractivity contribution in [3.63, 3.8) is 0 Å². The monoisotopic (exact) mass is 268 g/mol. The lowest BCUT2D eigenvalue weighted by atomic mass is 10.0. The number of guanidine groups is 1. The zero-order valence-electron chi connectivity index (χ0n) is 13.5. The van der Waals surface area contributed by atoms with Crippen LogP contribution in [0.4, 0.5) is 0 Å². The molecule has 1 fully saturated rings. The molecule has 1 heterocycles. The molecule has 19 heavy (non-hydrogen) atoms. The summed E-state index contributed by atoms with van der Waals surface area (Å²) in [5.74, 6) is 1.07. The lowest BCUT2D eigenvalue weighted by Gasteiger charge is -2.35. The van der Waals surface area contributed by atoms with Gasteiger partial charge in [0.15, 0.2) is 5.96 Å². The van der Waals surface area contributed by atoms with Gasteiger partial charge < -0.3 is 9.80 Å². The molecule has 0 spiro atoms. The molecule has 0 aliphatic carbocycles. The summed E-state index contributed by atoms with van der Waals surface area (Å²) in [6.07, 6.45) is 6.63. The zero-order valence-corrected chi connectivity index (χ0v) is 13.5. The van der Waals surface area contributed by atoms with Crippen molar-refractivity contribution in [2.24, 2.45) is 4.99 Å². The van der Waals surface area contributed by atoms with E-state index in [1.165, 1.54) is 45.2 Å². The van der Waals surface area contributed by atoms with Crippen molar-refractivity contribution in [1.82, 2.24) is 14.7 Å². The van der Waals surface area contributed by atoms with E-state index in [0.717, 1.165) is 12.5 Å². The molecule has 0 N–H and O–H groups in total. The Morgan fingerprint density at radius 1 is 1.16 bits per heavy atom. The first-order valence-electron chi connectivity index (χ1n) is 7.69. The van der Waals surface area contributed by atoms with Gasteiger partial charge in [-0.1, -0.05) is 19.8 Å². The second-order valence-electron chi connectivity index (χ2n) is 5.97. The summed E-state index contributed by atoms with van der Waals surface area (Å²) in [5.41, 5.74) is 0. The van der Waals surface area contributed by atoms with Crippen LogP contribution in [0.15, 0.2) is 4.99 Å². The molecule has 1 unspecified atom stereocenters. The van der Waals surface area contributed by atoms with Gasteiger partial charge in [0.2, 0.25) is 0 Å². The summed E-state index contributed by atoms with van der Waals surface area (Å²) >= 11 is 0. The van der Waals surface area contributed by atoms with Gasteiger partial charge in [-0.25, -0.2) is 0 Å². The SMILES string of the molecule is CCCCN1CCCCC1CN=C(N(C)C)N(C)C. The third-order valence-electron chi connectivity index (χ3n) is 3.79. The normalized spacial score (nSPS) is 20.2. The molecule has 1 aliphatic rings. The second-order valence-corrected chi connectivity index (χ2v) is 5.97. The topological polar surface area (TPSA) is 22.1 Å². The van der Waals surface area contributed by atoms with Gasteiger partial charge in [0, 0.05) is 34.2 Å². The van der Waals surface area contributed by atoms with Crippen LogP contribution in [0.1, 0.15) is 39.0 Å². The highest BCUT2D eigenvalue weighted by atomic mass is 15.3. The summed E-state index contributed by atoms with van der Waals surface area (Å²) < 4.78 is 0. The molecule has 0 aromatic heterocycles. The first-order chi connectivity index (χ1) is 9.06. The molecule has 4 nitrogen and oxygen atoms in total. The minimum absolute atomic E-state index is 0.648. The van der Waals surface area contributed by atoms with Crippen molar-refractivity contribution >= 4 is 5.96 Å². The van der Waals surface area contributed by atoms with Gasteiger partial charge in [0.05, 0.1) is 6.54 Å². The molecule has 1 atom stereocenters. The number of rotatable bonds is 5. The van der Waals surface area contributed by atoms with Crippen molar-refractivity contribution in [3.05, 3.63) is 0 Å². The Labute approximate surface area is 119 Å². The van der Waals surface area contributed by atoms with E-state index in [1.807, 2.05) is 0 Å². The standard InChI is InChI=1S/C15H32N4/c1-6-7-11-19-12-9-8-10-14(19)13-16-15(17(2)3)18(4)5/h14H,6-13H2,1-5H3. The molecule has 0 saturated carbocycles. The van der Waals surface area contributed by atoms with E-state index in [2.05, 4.69) is 49.8 Å². The average molecular weight is 268 g/mol. The first-order valence-corrected chi connectivity index (χ1v) is 7.69. The third kappa shape index (κ3) is 5.39. The Kier molecular flexibility index (Phi) is 7.21. The second kappa shape index (κ2) is 8.41. The summed E-state index contributed by atoms with van der Waals surface area (Å²) in [4.78, 5) is 11.7. The highest BCUT2D eigenvalue weighted by Gasteiger charge is 2.21. The number of unbranched alkanes of at least 4 members (excludes halogenated alkanes) is 1. The molecule has 0 amide bonds. The number of hydrogen-bond donors (Lipinski definition) is 0. The fourth-order valence-electron chi connectivity index (χ4n) is 2.79. The Balaban J connectivity index is 2.58. The van der Waals surface area contributed by atoms with Crippen LogP contribution in [0.2, 0.25) is 0 Å². The van der Waals surface area contributed by atoms with Crippen LogP contribution in [-0.4, -0.2) is 74.5 Å². The summed E-state index contributed by atoms with van der Waals surface area (Å²) in [6.45, 7) is 5.72. The van der Waals surface area contributed by atoms with Crippen molar-refractivity contribution in [2.75, 3.05) is 47.8 Å². The molecule has 1 rings (SSSR count). The summed E-state index contributed by atoms with van der Waals surface area (Å²) in [6, 6.07) is 0.648. The fourth-order valence-corrected chi connectivity index (χ4v) is 2.79. The predicted molar refractivity (Wildman–Crippen MR) is 83.8 cm³/mol. The first kappa shape index (κ1) is 16.3. The quantitative estimate of drug-likeness (QED) is 0.563. The number of nitrogens with zero attached hydrogens (tertiary/aromatic N) is 4. The van der Waals surface area contributed by atoms with Gasteiger partial charge in [-0.2, -0.15) is 0 Å². The lowest BCUT2D eigenvalue weighted by Crippen LogP contribution is -2.43. The van der Waals surface area contributed by atoms with Crippen molar-refractivity contribution in [2.45, 2.75) is 45.1 Å². The molecule has 0 aromatic carbocycles. The van der Waals surface area contributed by atoms with Crippen LogP contribution in [0, 0.1) is 0 Å². The number of hydrogen-bond acceptors (Lipinski definition) is 2. The molecule has 0 bridgehead atoms. The maximum atomic E-state index is 4.83. The van der Waals surface area contributed by atoms with Gasteiger partial charge >= 0.3 is 0 Å². The highest BCUT2D eigenvalue weighted by Crippen LogP contribution is 2.18. The van der Waals surface area contributed by atoms with Crippen molar-refractivity contribution in [3.8, 4) is 0 Å². The molecular weight excluding hydrogens is 236 g/mol.